The molecule has 0 aliphatic carbocycles. The number of benzene rings is 1. The monoisotopic (exact) mass is 436 g/mol. The second-order valence-corrected chi connectivity index (χ2v) is 8.32. The summed E-state index contributed by atoms with van der Waals surface area (Å²) in [6.45, 7) is 5.53. The molecular formula is C23H25FN6O2. The van der Waals surface area contributed by atoms with Crippen LogP contribution in [-0.4, -0.2) is 59.5 Å². The molecule has 4 heterocycles. The summed E-state index contributed by atoms with van der Waals surface area (Å²) in [5.74, 6) is -1.03. The van der Waals surface area contributed by atoms with Crippen molar-refractivity contribution >= 4 is 34.1 Å². The fraction of sp³-hybridized carbons (Fsp3) is 0.348. The van der Waals surface area contributed by atoms with E-state index in [0.29, 0.717) is 18.8 Å². The maximum atomic E-state index is 14.5. The topological polar surface area (TPSA) is 82.5 Å². The van der Waals surface area contributed by atoms with Gasteiger partial charge in [0.15, 0.2) is 0 Å². The number of nitrogens with one attached hydrogen (secondary N) is 2. The molecule has 2 aromatic heterocycles. The van der Waals surface area contributed by atoms with Gasteiger partial charge in [0.05, 0.1) is 16.9 Å². The molecule has 2 N–H and O–H groups in total. The zero-order valence-electron chi connectivity index (χ0n) is 18.1. The van der Waals surface area contributed by atoms with Gasteiger partial charge >= 0.3 is 0 Å². The predicted octanol–water partition coefficient (Wildman–Crippen LogP) is 2.37. The number of rotatable bonds is 4. The van der Waals surface area contributed by atoms with Crippen molar-refractivity contribution in [2.45, 2.75) is 19.5 Å². The highest BCUT2D eigenvalue weighted by molar-refractivity contribution is 6.06. The molecule has 166 valence electrons. The first-order valence-corrected chi connectivity index (χ1v) is 10.7. The second-order valence-electron chi connectivity index (χ2n) is 8.32. The van der Waals surface area contributed by atoms with E-state index >= 15 is 0 Å². The Morgan fingerprint density at radius 1 is 1.22 bits per heavy atom. The van der Waals surface area contributed by atoms with E-state index in [1.54, 1.807) is 12.1 Å². The number of nitrogens with zero attached hydrogens (tertiary/aromatic N) is 4. The molecule has 2 aliphatic heterocycles. The third kappa shape index (κ3) is 3.48. The lowest BCUT2D eigenvalue weighted by Crippen LogP contribution is -2.46. The quantitative estimate of drug-likeness (QED) is 0.614. The van der Waals surface area contributed by atoms with Crippen molar-refractivity contribution < 1.29 is 14.0 Å². The second kappa shape index (κ2) is 7.90. The average molecular weight is 436 g/mol. The summed E-state index contributed by atoms with van der Waals surface area (Å²) in [7, 11) is 1.49. The molecule has 1 aromatic carbocycles. The van der Waals surface area contributed by atoms with Gasteiger partial charge in [-0.05, 0) is 42.8 Å². The van der Waals surface area contributed by atoms with Gasteiger partial charge in [-0.3, -0.25) is 14.5 Å². The highest BCUT2D eigenvalue weighted by Gasteiger charge is 2.26. The van der Waals surface area contributed by atoms with Crippen molar-refractivity contribution in [2.75, 3.05) is 43.4 Å². The molecule has 1 fully saturated rings. The SMILES string of the molecule is CNC(=O)c1ccc(N2CCN(Cc3cc4c5c(ccn5[C@H](C)C(=O)N4)c3)CC2)c(F)n1. The van der Waals surface area contributed by atoms with Crippen molar-refractivity contribution in [1.29, 1.82) is 0 Å². The van der Waals surface area contributed by atoms with Gasteiger partial charge in [-0.25, -0.2) is 4.98 Å². The van der Waals surface area contributed by atoms with Gasteiger partial charge in [-0.2, -0.15) is 4.39 Å². The average Bonchev–Trinajstić information content (AvgIpc) is 3.22. The van der Waals surface area contributed by atoms with Gasteiger partial charge in [-0.15, -0.1) is 0 Å². The predicted molar refractivity (Wildman–Crippen MR) is 120 cm³/mol. The van der Waals surface area contributed by atoms with E-state index in [2.05, 4.69) is 38.7 Å². The van der Waals surface area contributed by atoms with Crippen LogP contribution in [0.15, 0.2) is 36.5 Å². The van der Waals surface area contributed by atoms with Crippen molar-refractivity contribution in [3.05, 3.63) is 53.7 Å². The third-order valence-corrected chi connectivity index (χ3v) is 6.33. The molecule has 0 saturated carbocycles. The third-order valence-electron chi connectivity index (χ3n) is 6.33. The molecule has 0 bridgehead atoms. The van der Waals surface area contributed by atoms with E-state index in [9.17, 15) is 14.0 Å². The van der Waals surface area contributed by atoms with Crippen LogP contribution in [0.2, 0.25) is 0 Å². The summed E-state index contributed by atoms with van der Waals surface area (Å²) in [6, 6.07) is 9.24. The first-order chi connectivity index (χ1) is 15.4. The summed E-state index contributed by atoms with van der Waals surface area (Å²) in [4.78, 5) is 32.0. The lowest BCUT2D eigenvalue weighted by Gasteiger charge is -2.36. The number of halogens is 1. The number of anilines is 2. The minimum Gasteiger partial charge on any atom is -0.365 e. The molecule has 8 nitrogen and oxygen atoms in total. The first kappa shape index (κ1) is 20.4. The number of carbonyl (C=O) groups is 2. The first-order valence-electron chi connectivity index (χ1n) is 10.7. The molecule has 0 radical (unpaired) electrons. The van der Waals surface area contributed by atoms with Crippen LogP contribution < -0.4 is 15.5 Å². The molecule has 9 heteroatoms. The molecule has 2 amide bonds. The molecule has 1 saturated heterocycles. The molecule has 0 unspecified atom stereocenters. The van der Waals surface area contributed by atoms with Crippen LogP contribution in [0.4, 0.5) is 15.8 Å². The van der Waals surface area contributed by atoms with Crippen molar-refractivity contribution in [1.82, 2.24) is 19.8 Å². The molecule has 5 rings (SSSR count). The number of hydrogen-bond acceptors (Lipinski definition) is 5. The van der Waals surface area contributed by atoms with Gasteiger partial charge in [0.1, 0.15) is 11.7 Å². The van der Waals surface area contributed by atoms with Crippen molar-refractivity contribution in [2.24, 2.45) is 0 Å². The van der Waals surface area contributed by atoms with Crippen LogP contribution in [0.3, 0.4) is 0 Å². The minimum atomic E-state index is -0.626. The van der Waals surface area contributed by atoms with E-state index in [-0.39, 0.29) is 17.6 Å². The Morgan fingerprint density at radius 2 is 2.00 bits per heavy atom. The fourth-order valence-corrected chi connectivity index (χ4v) is 4.56. The standard InChI is InChI=1S/C23H25FN6O2/c1-14-22(31)27-18-12-15(11-16-5-6-30(14)20(16)18)13-28-7-9-29(10-8-28)19-4-3-17(23(32)25-2)26-21(19)24/h3-6,11-12,14H,7-10,13H2,1-2H3,(H,25,32)(H,27,31)/t14-/m1/s1. The highest BCUT2D eigenvalue weighted by Crippen LogP contribution is 2.33. The lowest BCUT2D eigenvalue weighted by atomic mass is 10.1. The van der Waals surface area contributed by atoms with E-state index in [4.69, 9.17) is 0 Å². The highest BCUT2D eigenvalue weighted by atomic mass is 19.1. The molecule has 1 atom stereocenters. The van der Waals surface area contributed by atoms with Crippen LogP contribution >= 0.6 is 0 Å². The number of piperazine rings is 1. The van der Waals surface area contributed by atoms with Crippen LogP contribution in [0, 0.1) is 5.95 Å². The Balaban J connectivity index is 1.27. The summed E-state index contributed by atoms with van der Waals surface area (Å²) in [5, 5.41) is 6.60. The van der Waals surface area contributed by atoms with Crippen LogP contribution in [-0.2, 0) is 11.3 Å². The Bertz CT molecular complexity index is 1210. The molecule has 32 heavy (non-hydrogen) atoms. The molecule has 2 aliphatic rings. The minimum absolute atomic E-state index is 0.00108. The number of carbonyl (C=O) groups excluding carboxylic acids is 2. The summed E-state index contributed by atoms with van der Waals surface area (Å²) in [5.41, 5.74) is 3.54. The summed E-state index contributed by atoms with van der Waals surface area (Å²) < 4.78 is 16.5. The normalized spacial score (nSPS) is 18.7. The smallest absolute Gasteiger partial charge is 0.269 e. The number of pyridine rings is 1. The lowest BCUT2D eigenvalue weighted by molar-refractivity contribution is -0.118. The van der Waals surface area contributed by atoms with Gasteiger partial charge in [0.25, 0.3) is 5.91 Å². The van der Waals surface area contributed by atoms with Crippen molar-refractivity contribution in [3.63, 3.8) is 0 Å². The Morgan fingerprint density at radius 3 is 2.72 bits per heavy atom. The zero-order chi connectivity index (χ0) is 22.4. The number of hydrogen-bond donors (Lipinski definition) is 2. The van der Waals surface area contributed by atoms with E-state index in [1.807, 2.05) is 22.6 Å². The van der Waals surface area contributed by atoms with Gasteiger partial charge in [-0.1, -0.05) is 0 Å². The van der Waals surface area contributed by atoms with Gasteiger partial charge in [0.2, 0.25) is 11.9 Å². The van der Waals surface area contributed by atoms with Crippen LogP contribution in [0.25, 0.3) is 10.9 Å². The largest absolute Gasteiger partial charge is 0.365 e. The Kier molecular flexibility index (Phi) is 5.05. The van der Waals surface area contributed by atoms with Crippen molar-refractivity contribution in [3.8, 4) is 0 Å². The van der Waals surface area contributed by atoms with Gasteiger partial charge in [0, 0.05) is 51.4 Å². The van der Waals surface area contributed by atoms with Crippen LogP contribution in [0.1, 0.15) is 29.0 Å². The molecule has 3 aromatic rings. The number of amides is 2. The molecule has 0 spiro atoms. The Labute approximate surface area is 185 Å². The Hall–Kier alpha value is -3.46. The number of aromatic nitrogens is 2. The van der Waals surface area contributed by atoms with E-state index < -0.39 is 11.9 Å². The van der Waals surface area contributed by atoms with Gasteiger partial charge < -0.3 is 20.1 Å². The fourth-order valence-electron chi connectivity index (χ4n) is 4.56. The zero-order valence-corrected chi connectivity index (χ0v) is 18.1. The van der Waals surface area contributed by atoms with E-state index in [0.717, 1.165) is 41.8 Å². The maximum Gasteiger partial charge on any atom is 0.269 e. The summed E-state index contributed by atoms with van der Waals surface area (Å²) in [6.07, 6.45) is 1.97. The maximum absolute atomic E-state index is 14.5. The molecular weight excluding hydrogens is 411 g/mol. The van der Waals surface area contributed by atoms with Crippen LogP contribution in [0.5, 0.6) is 0 Å². The van der Waals surface area contributed by atoms with E-state index in [1.165, 1.54) is 7.05 Å². The summed E-state index contributed by atoms with van der Waals surface area (Å²) >= 11 is 0.